The molecule has 0 N–H and O–H groups in total. The van der Waals surface area contributed by atoms with Crippen molar-refractivity contribution in [1.82, 2.24) is 0 Å². The van der Waals surface area contributed by atoms with Gasteiger partial charge in [-0.15, -0.1) is 11.8 Å². The highest BCUT2D eigenvalue weighted by Crippen LogP contribution is 2.17. The van der Waals surface area contributed by atoms with E-state index in [-0.39, 0.29) is 0 Å². The first-order valence-corrected chi connectivity index (χ1v) is 7.97. The minimum absolute atomic E-state index is 0.991. The largest absolute Gasteiger partial charge is 0.114 e. The smallest absolute Gasteiger partial charge is 0.0481 e. The van der Waals surface area contributed by atoms with Crippen molar-refractivity contribution in [3.05, 3.63) is 71.8 Å². The molecule has 2 rings (SSSR count). The van der Waals surface area contributed by atoms with Crippen molar-refractivity contribution >= 4 is 28.2 Å². The monoisotopic (exact) mass is 286 g/mol. The van der Waals surface area contributed by atoms with Gasteiger partial charge in [-0.05, 0) is 30.4 Å². The summed E-state index contributed by atoms with van der Waals surface area (Å²) in [5, 5.41) is 0. The lowest BCUT2D eigenvalue weighted by Crippen LogP contribution is -1.92. The van der Waals surface area contributed by atoms with Crippen molar-refractivity contribution in [3.63, 3.8) is 0 Å². The zero-order valence-corrected chi connectivity index (χ0v) is 12.6. The number of hydrogen-bond acceptors (Lipinski definition) is 2. The second kappa shape index (κ2) is 8.13. The van der Waals surface area contributed by atoms with Gasteiger partial charge in [0.2, 0.25) is 0 Å². The third kappa shape index (κ3) is 5.58. The van der Waals surface area contributed by atoms with Crippen molar-refractivity contribution in [2.45, 2.75) is 25.0 Å². The molecule has 0 fully saturated rings. The lowest BCUT2D eigenvalue weighted by Gasteiger charge is -2.04. The molecule has 98 valence electrons. The first-order chi connectivity index (χ1) is 9.34. The predicted octanol–water partition coefficient (Wildman–Crippen LogP) is 5.27. The normalized spacial score (nSPS) is 10.3. The quantitative estimate of drug-likeness (QED) is 0.663. The SMILES string of the molecule is S=C(CCCc1ccccc1)SCc1ccccc1. The molecule has 0 spiro atoms. The van der Waals surface area contributed by atoms with Crippen LogP contribution in [-0.2, 0) is 12.2 Å². The van der Waals surface area contributed by atoms with E-state index >= 15 is 0 Å². The van der Waals surface area contributed by atoms with Gasteiger partial charge in [-0.2, -0.15) is 0 Å². The Hall–Kier alpha value is -1.12. The van der Waals surface area contributed by atoms with Crippen LogP contribution in [0.4, 0.5) is 0 Å². The number of hydrogen-bond donors (Lipinski definition) is 0. The van der Waals surface area contributed by atoms with Crippen molar-refractivity contribution in [2.24, 2.45) is 0 Å². The van der Waals surface area contributed by atoms with Gasteiger partial charge in [-0.3, -0.25) is 0 Å². The van der Waals surface area contributed by atoms with Gasteiger partial charge in [0.05, 0.1) is 0 Å². The van der Waals surface area contributed by atoms with Crippen LogP contribution in [0.15, 0.2) is 60.7 Å². The molecule has 0 unspecified atom stereocenters. The van der Waals surface area contributed by atoms with Crippen molar-refractivity contribution < 1.29 is 0 Å². The Morgan fingerprint density at radius 1 is 0.842 bits per heavy atom. The zero-order valence-electron chi connectivity index (χ0n) is 10.9. The summed E-state index contributed by atoms with van der Waals surface area (Å²) in [6, 6.07) is 21.1. The number of rotatable bonds is 6. The van der Waals surface area contributed by atoms with Crippen LogP contribution in [0.25, 0.3) is 0 Å². The summed E-state index contributed by atoms with van der Waals surface area (Å²) in [6.45, 7) is 0. The average molecular weight is 286 g/mol. The fourth-order valence-corrected chi connectivity index (χ4v) is 3.02. The van der Waals surface area contributed by atoms with Crippen molar-refractivity contribution in [1.29, 1.82) is 0 Å². The maximum Gasteiger partial charge on any atom is 0.0481 e. The fraction of sp³-hybridized carbons (Fsp3) is 0.235. The Morgan fingerprint density at radius 2 is 1.42 bits per heavy atom. The lowest BCUT2D eigenvalue weighted by molar-refractivity contribution is 0.876. The van der Waals surface area contributed by atoms with Crippen LogP contribution >= 0.6 is 24.0 Å². The standard InChI is InChI=1S/C17H18S2/c18-17(19-14-16-10-5-2-6-11-16)13-7-12-15-8-3-1-4-9-15/h1-6,8-11H,7,12-14H2. The molecule has 0 aliphatic rings. The molecule has 0 saturated heterocycles. The van der Waals surface area contributed by atoms with E-state index in [0.29, 0.717) is 0 Å². The number of benzene rings is 2. The second-order valence-electron chi connectivity index (χ2n) is 4.49. The van der Waals surface area contributed by atoms with E-state index in [1.807, 2.05) is 6.07 Å². The predicted molar refractivity (Wildman–Crippen MR) is 89.7 cm³/mol. The maximum absolute atomic E-state index is 5.43. The van der Waals surface area contributed by atoms with Crippen molar-refractivity contribution in [3.8, 4) is 0 Å². The molecular weight excluding hydrogens is 268 g/mol. The van der Waals surface area contributed by atoms with Gasteiger partial charge >= 0.3 is 0 Å². The molecule has 0 radical (unpaired) electrons. The van der Waals surface area contributed by atoms with Gasteiger partial charge in [0.25, 0.3) is 0 Å². The molecule has 0 nitrogen and oxygen atoms in total. The topological polar surface area (TPSA) is 0 Å². The fourth-order valence-electron chi connectivity index (χ4n) is 1.89. The Kier molecular flexibility index (Phi) is 6.12. The van der Waals surface area contributed by atoms with E-state index in [1.54, 1.807) is 11.8 Å². The average Bonchev–Trinajstić information content (AvgIpc) is 2.47. The van der Waals surface area contributed by atoms with Crippen LogP contribution < -0.4 is 0 Å². The van der Waals surface area contributed by atoms with Gasteiger partial charge in [0, 0.05) is 9.95 Å². The van der Waals surface area contributed by atoms with E-state index in [2.05, 4.69) is 54.6 Å². The van der Waals surface area contributed by atoms with Crippen LogP contribution in [0.2, 0.25) is 0 Å². The molecule has 0 atom stereocenters. The van der Waals surface area contributed by atoms with Crippen LogP contribution in [-0.4, -0.2) is 4.20 Å². The Labute approximate surface area is 125 Å². The number of thiocarbonyl (C=S) groups is 1. The molecule has 0 bridgehead atoms. The summed E-state index contributed by atoms with van der Waals surface area (Å²) < 4.78 is 1.12. The number of thioether (sulfide) groups is 1. The molecule has 19 heavy (non-hydrogen) atoms. The lowest BCUT2D eigenvalue weighted by atomic mass is 10.1. The van der Waals surface area contributed by atoms with Crippen LogP contribution in [0.1, 0.15) is 24.0 Å². The number of aryl methyl sites for hydroxylation is 1. The second-order valence-corrected chi connectivity index (χ2v) is 6.31. The Balaban J connectivity index is 1.65. The molecule has 0 aromatic heterocycles. The summed E-state index contributed by atoms with van der Waals surface area (Å²) in [5.41, 5.74) is 2.75. The zero-order chi connectivity index (χ0) is 13.3. The van der Waals surface area contributed by atoms with Gasteiger partial charge in [-0.1, -0.05) is 72.9 Å². The van der Waals surface area contributed by atoms with E-state index in [1.165, 1.54) is 11.1 Å². The third-order valence-electron chi connectivity index (χ3n) is 2.93. The highest BCUT2D eigenvalue weighted by molar-refractivity contribution is 8.22. The van der Waals surface area contributed by atoms with Gasteiger partial charge in [-0.25, -0.2) is 0 Å². The Morgan fingerprint density at radius 3 is 2.05 bits per heavy atom. The van der Waals surface area contributed by atoms with E-state index < -0.39 is 0 Å². The van der Waals surface area contributed by atoms with Gasteiger partial charge < -0.3 is 0 Å². The summed E-state index contributed by atoms with van der Waals surface area (Å²) in [7, 11) is 0. The highest BCUT2D eigenvalue weighted by atomic mass is 32.2. The Bertz CT molecular complexity index is 491. The molecule has 2 aromatic carbocycles. The first-order valence-electron chi connectivity index (χ1n) is 6.58. The van der Waals surface area contributed by atoms with Crippen LogP contribution in [0, 0.1) is 0 Å². The van der Waals surface area contributed by atoms with Crippen LogP contribution in [0.5, 0.6) is 0 Å². The van der Waals surface area contributed by atoms with E-state index in [4.69, 9.17) is 12.2 Å². The third-order valence-corrected chi connectivity index (χ3v) is 4.49. The van der Waals surface area contributed by atoms with Crippen LogP contribution in [0.3, 0.4) is 0 Å². The summed E-state index contributed by atoms with van der Waals surface area (Å²) >= 11 is 7.23. The minimum atomic E-state index is 0.991. The van der Waals surface area contributed by atoms with Crippen molar-refractivity contribution in [2.75, 3.05) is 0 Å². The molecule has 0 aliphatic carbocycles. The van der Waals surface area contributed by atoms with Gasteiger partial charge in [0.1, 0.15) is 0 Å². The molecule has 0 saturated carbocycles. The maximum atomic E-state index is 5.43. The molecular formula is C17H18S2. The van der Waals surface area contributed by atoms with E-state index in [9.17, 15) is 0 Å². The summed E-state index contributed by atoms with van der Waals surface area (Å²) in [6.07, 6.45) is 3.29. The molecule has 2 aromatic rings. The molecule has 0 aliphatic heterocycles. The molecule has 0 amide bonds. The summed E-state index contributed by atoms with van der Waals surface area (Å²) in [5.74, 6) is 0.991. The van der Waals surface area contributed by atoms with Gasteiger partial charge in [0.15, 0.2) is 0 Å². The minimum Gasteiger partial charge on any atom is -0.114 e. The van der Waals surface area contributed by atoms with E-state index in [0.717, 1.165) is 29.2 Å². The molecule has 2 heteroatoms. The highest BCUT2D eigenvalue weighted by Gasteiger charge is 2.00. The summed E-state index contributed by atoms with van der Waals surface area (Å²) in [4.78, 5) is 0. The molecule has 0 heterocycles. The first kappa shape index (κ1) is 14.3.